The zero-order valence-electron chi connectivity index (χ0n) is 9.77. The van der Waals surface area contributed by atoms with Crippen LogP contribution in [-0.2, 0) is 0 Å². The van der Waals surface area contributed by atoms with E-state index in [0.29, 0.717) is 11.5 Å². The van der Waals surface area contributed by atoms with Gasteiger partial charge in [-0.1, -0.05) is 18.3 Å². The molecule has 3 N–H and O–H groups in total. The minimum absolute atomic E-state index is 0.245. The van der Waals surface area contributed by atoms with Crippen LogP contribution >= 0.6 is 12.2 Å². The van der Waals surface area contributed by atoms with Crippen LogP contribution in [0, 0.1) is 12.7 Å². The molecule has 1 aromatic carbocycles. The Bertz CT molecular complexity index is 599. The van der Waals surface area contributed by atoms with E-state index in [1.165, 1.54) is 12.1 Å². The van der Waals surface area contributed by atoms with Crippen molar-refractivity contribution < 1.29 is 4.39 Å². The van der Waals surface area contributed by atoms with Crippen molar-refractivity contribution in [2.75, 3.05) is 5.32 Å². The molecule has 0 spiro atoms. The van der Waals surface area contributed by atoms with Gasteiger partial charge in [-0.3, -0.25) is 0 Å². The van der Waals surface area contributed by atoms with Gasteiger partial charge < -0.3 is 11.1 Å². The van der Waals surface area contributed by atoms with E-state index < -0.39 is 0 Å². The Morgan fingerprint density at radius 3 is 2.78 bits per heavy atom. The summed E-state index contributed by atoms with van der Waals surface area (Å²) in [5.74, 6) is 0.359. The number of aryl methyl sites for hydroxylation is 1. The lowest BCUT2D eigenvalue weighted by Crippen LogP contribution is -2.12. The Hall–Kier alpha value is -2.01. The highest BCUT2D eigenvalue weighted by Crippen LogP contribution is 2.20. The number of aromatic nitrogens is 1. The van der Waals surface area contributed by atoms with E-state index in [-0.39, 0.29) is 10.8 Å². The van der Waals surface area contributed by atoms with Gasteiger partial charge in [-0.05, 0) is 42.8 Å². The van der Waals surface area contributed by atoms with Crippen LogP contribution in [0.25, 0.3) is 0 Å². The molecule has 0 saturated carbocycles. The monoisotopic (exact) mass is 261 g/mol. The molecule has 0 atom stereocenters. The fourth-order valence-electron chi connectivity index (χ4n) is 1.55. The first-order valence-corrected chi connectivity index (χ1v) is 5.77. The smallest absolute Gasteiger partial charge is 0.131 e. The van der Waals surface area contributed by atoms with Crippen LogP contribution in [0.15, 0.2) is 36.4 Å². The summed E-state index contributed by atoms with van der Waals surface area (Å²) in [7, 11) is 0. The van der Waals surface area contributed by atoms with Gasteiger partial charge in [0.2, 0.25) is 0 Å². The zero-order valence-corrected chi connectivity index (χ0v) is 10.6. The third kappa shape index (κ3) is 2.81. The van der Waals surface area contributed by atoms with Gasteiger partial charge in [0, 0.05) is 5.69 Å². The molecule has 0 unspecified atom stereocenters. The number of anilines is 2. The number of nitrogens with one attached hydrogen (secondary N) is 1. The molecule has 0 aliphatic rings. The van der Waals surface area contributed by atoms with Gasteiger partial charge in [0.25, 0.3) is 0 Å². The molecule has 0 radical (unpaired) electrons. The Labute approximate surface area is 110 Å². The van der Waals surface area contributed by atoms with Crippen LogP contribution < -0.4 is 11.1 Å². The highest BCUT2D eigenvalue weighted by molar-refractivity contribution is 7.80. The number of pyridine rings is 1. The van der Waals surface area contributed by atoms with Crippen molar-refractivity contribution >= 4 is 28.7 Å². The number of nitrogens with zero attached hydrogens (tertiary/aromatic N) is 1. The predicted octanol–water partition coefficient (Wildman–Crippen LogP) is 2.91. The predicted molar refractivity (Wildman–Crippen MR) is 74.5 cm³/mol. The van der Waals surface area contributed by atoms with Gasteiger partial charge in [-0.2, -0.15) is 0 Å². The van der Waals surface area contributed by atoms with Gasteiger partial charge in [-0.25, -0.2) is 9.37 Å². The molecule has 0 saturated heterocycles. The summed E-state index contributed by atoms with van der Waals surface area (Å²) in [5.41, 5.74) is 7.67. The molecule has 0 fully saturated rings. The highest BCUT2D eigenvalue weighted by atomic mass is 32.1. The van der Waals surface area contributed by atoms with Crippen LogP contribution in [0.5, 0.6) is 0 Å². The lowest BCUT2D eigenvalue weighted by atomic mass is 10.2. The molecule has 0 aliphatic carbocycles. The van der Waals surface area contributed by atoms with Crippen molar-refractivity contribution in [3.63, 3.8) is 0 Å². The second-order valence-corrected chi connectivity index (χ2v) is 4.30. The molecule has 3 nitrogen and oxygen atoms in total. The Kier molecular flexibility index (Phi) is 3.53. The lowest BCUT2D eigenvalue weighted by molar-refractivity contribution is 0.627. The molecule has 1 aromatic heterocycles. The van der Waals surface area contributed by atoms with Crippen LogP contribution in [0.1, 0.15) is 11.3 Å². The van der Waals surface area contributed by atoms with Gasteiger partial charge >= 0.3 is 0 Å². The Morgan fingerprint density at radius 2 is 2.11 bits per heavy atom. The first-order chi connectivity index (χ1) is 8.56. The minimum Gasteiger partial charge on any atom is -0.388 e. The maximum atomic E-state index is 13.0. The number of rotatable bonds is 3. The van der Waals surface area contributed by atoms with Crippen molar-refractivity contribution in [3.8, 4) is 0 Å². The molecule has 92 valence electrons. The van der Waals surface area contributed by atoms with Crippen LogP contribution in [0.3, 0.4) is 0 Å². The van der Waals surface area contributed by atoms with Crippen LogP contribution in [0.2, 0.25) is 0 Å². The van der Waals surface area contributed by atoms with Gasteiger partial charge in [0.1, 0.15) is 16.6 Å². The van der Waals surface area contributed by atoms with E-state index in [1.54, 1.807) is 18.2 Å². The van der Waals surface area contributed by atoms with Gasteiger partial charge in [-0.15, -0.1) is 0 Å². The highest BCUT2D eigenvalue weighted by Gasteiger charge is 2.03. The molecule has 5 heteroatoms. The maximum absolute atomic E-state index is 13.0. The van der Waals surface area contributed by atoms with Gasteiger partial charge in [0.05, 0.1) is 5.69 Å². The lowest BCUT2D eigenvalue weighted by Gasteiger charge is -2.09. The summed E-state index contributed by atoms with van der Waals surface area (Å²) in [6.45, 7) is 1.82. The summed E-state index contributed by atoms with van der Waals surface area (Å²) in [4.78, 5) is 4.50. The molecule has 18 heavy (non-hydrogen) atoms. The summed E-state index contributed by atoms with van der Waals surface area (Å²) in [6, 6.07) is 9.87. The quantitative estimate of drug-likeness (QED) is 0.834. The van der Waals surface area contributed by atoms with Gasteiger partial charge in [0.15, 0.2) is 0 Å². The van der Waals surface area contributed by atoms with E-state index in [2.05, 4.69) is 10.3 Å². The van der Waals surface area contributed by atoms with Crippen molar-refractivity contribution in [3.05, 3.63) is 53.5 Å². The summed E-state index contributed by atoms with van der Waals surface area (Å²) < 4.78 is 13.0. The summed E-state index contributed by atoms with van der Waals surface area (Å²) in [6.07, 6.45) is 0. The number of hydrogen-bond donors (Lipinski definition) is 2. The maximum Gasteiger partial charge on any atom is 0.131 e. The molecule has 0 bridgehead atoms. The first kappa shape index (κ1) is 12.4. The normalized spacial score (nSPS) is 10.1. The van der Waals surface area contributed by atoms with Crippen molar-refractivity contribution in [2.45, 2.75) is 6.92 Å². The largest absolute Gasteiger partial charge is 0.388 e. The van der Waals surface area contributed by atoms with Crippen LogP contribution in [-0.4, -0.2) is 9.97 Å². The minimum atomic E-state index is -0.261. The average Bonchev–Trinajstić information content (AvgIpc) is 2.33. The fraction of sp³-hybridized carbons (Fsp3) is 0.0769. The third-order valence-corrected chi connectivity index (χ3v) is 2.66. The second-order valence-electron chi connectivity index (χ2n) is 3.86. The number of nitrogens with two attached hydrogens (primary N) is 1. The summed E-state index contributed by atoms with van der Waals surface area (Å²) in [5, 5.41) is 3.10. The van der Waals surface area contributed by atoms with E-state index >= 15 is 0 Å². The van der Waals surface area contributed by atoms with Crippen LogP contribution in [0.4, 0.5) is 15.9 Å². The number of hydrogen-bond acceptors (Lipinski definition) is 3. The van der Waals surface area contributed by atoms with Crippen molar-refractivity contribution in [1.29, 1.82) is 0 Å². The van der Waals surface area contributed by atoms with E-state index in [0.717, 1.165) is 11.3 Å². The SMILES string of the molecule is Cc1cc(F)ccc1Nc1cccc(C(N)=S)n1. The number of thiocarbonyl (C=S) groups is 1. The topological polar surface area (TPSA) is 50.9 Å². The molecule has 0 aliphatic heterocycles. The summed E-state index contributed by atoms with van der Waals surface area (Å²) >= 11 is 4.87. The van der Waals surface area contributed by atoms with Crippen molar-refractivity contribution in [1.82, 2.24) is 4.98 Å². The molecule has 0 amide bonds. The second kappa shape index (κ2) is 5.10. The van der Waals surface area contributed by atoms with E-state index in [4.69, 9.17) is 18.0 Å². The van der Waals surface area contributed by atoms with E-state index in [1.807, 2.05) is 13.0 Å². The molecule has 1 heterocycles. The third-order valence-electron chi connectivity index (χ3n) is 2.45. The Balaban J connectivity index is 2.28. The van der Waals surface area contributed by atoms with E-state index in [9.17, 15) is 4.39 Å². The fourth-order valence-corrected chi connectivity index (χ4v) is 1.66. The number of halogens is 1. The standard InChI is InChI=1S/C13H12FN3S/c1-8-7-9(14)5-6-10(8)16-12-4-2-3-11(17-12)13(15)18/h2-7H,1H3,(H2,15,18)(H,16,17). The molecular weight excluding hydrogens is 249 g/mol. The molecule has 2 aromatic rings. The average molecular weight is 261 g/mol. The number of benzene rings is 1. The Morgan fingerprint density at radius 1 is 1.33 bits per heavy atom. The molecule has 2 rings (SSSR count). The first-order valence-electron chi connectivity index (χ1n) is 5.36. The van der Waals surface area contributed by atoms with Crippen molar-refractivity contribution in [2.24, 2.45) is 5.73 Å². The zero-order chi connectivity index (χ0) is 13.1. The molecular formula is C13H12FN3S.